The van der Waals surface area contributed by atoms with E-state index in [1.165, 1.54) is 0 Å². The zero-order valence-electron chi connectivity index (χ0n) is 9.03. The predicted molar refractivity (Wildman–Crippen MR) is 58.5 cm³/mol. The Morgan fingerprint density at radius 2 is 2.38 bits per heavy atom. The van der Waals surface area contributed by atoms with Crippen LogP contribution < -0.4 is 10.1 Å². The van der Waals surface area contributed by atoms with Crippen LogP contribution in [0.25, 0.3) is 0 Å². The van der Waals surface area contributed by atoms with Crippen LogP contribution in [-0.2, 0) is 6.42 Å². The fraction of sp³-hybridized carbons (Fsp3) is 0.500. The molecular weight excluding hydrogens is 204 g/mol. The van der Waals surface area contributed by atoms with Crippen LogP contribution in [0.5, 0.6) is 5.75 Å². The number of fused-ring (bicyclic) bond motifs is 1. The van der Waals surface area contributed by atoms with Crippen molar-refractivity contribution in [1.29, 1.82) is 0 Å². The van der Waals surface area contributed by atoms with E-state index in [2.05, 4.69) is 10.3 Å². The second-order valence-corrected chi connectivity index (χ2v) is 4.38. The number of carbonyl (C=O) groups excluding carboxylic acids is 1. The molecule has 1 aliphatic carbocycles. The predicted octanol–water partition coefficient (Wildman–Crippen LogP) is 1.30. The summed E-state index contributed by atoms with van der Waals surface area (Å²) in [4.78, 5) is 15.9. The van der Waals surface area contributed by atoms with Crippen molar-refractivity contribution < 1.29 is 9.53 Å². The highest BCUT2D eigenvalue weighted by atomic mass is 16.5. The van der Waals surface area contributed by atoms with E-state index < -0.39 is 0 Å². The lowest BCUT2D eigenvalue weighted by molar-refractivity contribution is 0.0946. The zero-order chi connectivity index (χ0) is 11.0. The molecule has 0 aromatic carbocycles. The molecule has 1 fully saturated rings. The molecule has 3 rings (SSSR count). The summed E-state index contributed by atoms with van der Waals surface area (Å²) in [6.07, 6.45) is 5.85. The summed E-state index contributed by atoms with van der Waals surface area (Å²) in [5, 5.41) is 2.93. The van der Waals surface area contributed by atoms with Crippen LogP contribution in [0.2, 0.25) is 0 Å². The highest BCUT2D eigenvalue weighted by molar-refractivity contribution is 5.93. The molecule has 84 valence electrons. The van der Waals surface area contributed by atoms with Crippen LogP contribution in [0.1, 0.15) is 35.3 Å². The molecule has 1 aliphatic heterocycles. The molecule has 4 heteroatoms. The Labute approximate surface area is 94.0 Å². The second kappa shape index (κ2) is 3.77. The van der Waals surface area contributed by atoms with Crippen molar-refractivity contribution in [1.82, 2.24) is 10.3 Å². The fourth-order valence-electron chi connectivity index (χ4n) is 1.87. The number of amides is 1. The Bertz CT molecular complexity index is 427. The average molecular weight is 218 g/mol. The Hall–Kier alpha value is -1.58. The maximum absolute atomic E-state index is 11.8. The lowest BCUT2D eigenvalue weighted by Crippen LogP contribution is -2.26. The smallest absolute Gasteiger partial charge is 0.270 e. The highest BCUT2D eigenvalue weighted by Crippen LogP contribution is 2.24. The van der Waals surface area contributed by atoms with Gasteiger partial charge in [-0.3, -0.25) is 4.79 Å². The molecule has 0 spiro atoms. The summed E-state index contributed by atoms with van der Waals surface area (Å²) in [5.74, 6) is 0.769. The van der Waals surface area contributed by atoms with Crippen molar-refractivity contribution in [3.8, 4) is 5.75 Å². The number of carbonyl (C=O) groups is 1. The quantitative estimate of drug-likeness (QED) is 0.814. The van der Waals surface area contributed by atoms with Gasteiger partial charge in [-0.2, -0.15) is 0 Å². The molecular formula is C12H14N2O2. The molecule has 2 aliphatic rings. The van der Waals surface area contributed by atoms with Crippen LogP contribution in [0, 0.1) is 0 Å². The highest BCUT2D eigenvalue weighted by Gasteiger charge is 2.24. The molecule has 0 saturated heterocycles. The Morgan fingerprint density at radius 3 is 3.19 bits per heavy atom. The van der Waals surface area contributed by atoms with E-state index in [0.29, 0.717) is 11.7 Å². The third-order valence-corrected chi connectivity index (χ3v) is 2.94. The number of nitrogens with zero attached hydrogens (tertiary/aromatic N) is 1. The van der Waals surface area contributed by atoms with Gasteiger partial charge >= 0.3 is 0 Å². The molecule has 0 atom stereocenters. The van der Waals surface area contributed by atoms with Gasteiger partial charge in [-0.25, -0.2) is 4.98 Å². The summed E-state index contributed by atoms with van der Waals surface area (Å²) < 4.78 is 5.46. The number of hydrogen-bond donors (Lipinski definition) is 1. The molecule has 0 unspecified atom stereocenters. The van der Waals surface area contributed by atoms with Crippen molar-refractivity contribution in [3.63, 3.8) is 0 Å². The zero-order valence-corrected chi connectivity index (χ0v) is 9.03. The first-order valence-electron chi connectivity index (χ1n) is 5.75. The number of hydrogen-bond acceptors (Lipinski definition) is 3. The molecule has 4 nitrogen and oxygen atoms in total. The first-order valence-corrected chi connectivity index (χ1v) is 5.75. The van der Waals surface area contributed by atoms with Gasteiger partial charge in [0.25, 0.3) is 5.91 Å². The number of aromatic nitrogens is 1. The Kier molecular flexibility index (Phi) is 2.27. The molecule has 1 aromatic heterocycles. The number of pyridine rings is 1. The normalized spacial score (nSPS) is 18.5. The summed E-state index contributed by atoms with van der Waals surface area (Å²) in [6.45, 7) is 0.752. The van der Waals surface area contributed by atoms with E-state index in [1.807, 2.05) is 6.07 Å². The summed E-state index contributed by atoms with van der Waals surface area (Å²) in [5.41, 5.74) is 1.61. The number of rotatable bonds is 2. The third-order valence-electron chi connectivity index (χ3n) is 2.94. The molecule has 0 radical (unpaired) electrons. The van der Waals surface area contributed by atoms with Crippen molar-refractivity contribution in [2.75, 3.05) is 6.61 Å². The fourth-order valence-corrected chi connectivity index (χ4v) is 1.87. The molecule has 1 saturated carbocycles. The van der Waals surface area contributed by atoms with Gasteiger partial charge in [0.2, 0.25) is 0 Å². The van der Waals surface area contributed by atoms with Crippen LogP contribution in [0.4, 0.5) is 0 Å². The van der Waals surface area contributed by atoms with Gasteiger partial charge < -0.3 is 10.1 Å². The van der Waals surface area contributed by atoms with Gasteiger partial charge in [0.05, 0.1) is 12.8 Å². The van der Waals surface area contributed by atoms with E-state index in [9.17, 15) is 4.79 Å². The standard InChI is InChI=1S/C12H14N2O2/c15-12(14-9-3-4-9)10-6-8-2-1-5-16-11(8)7-13-10/h6-7,9H,1-5H2,(H,14,15). The lowest BCUT2D eigenvalue weighted by atomic mass is 10.1. The van der Waals surface area contributed by atoms with Crippen LogP contribution in [0.3, 0.4) is 0 Å². The minimum absolute atomic E-state index is 0.0594. The van der Waals surface area contributed by atoms with E-state index in [-0.39, 0.29) is 5.91 Å². The minimum atomic E-state index is -0.0594. The topological polar surface area (TPSA) is 51.2 Å². The summed E-state index contributed by atoms with van der Waals surface area (Å²) in [6, 6.07) is 2.23. The van der Waals surface area contributed by atoms with E-state index in [0.717, 1.165) is 43.6 Å². The van der Waals surface area contributed by atoms with Gasteiger partial charge in [0, 0.05) is 6.04 Å². The van der Waals surface area contributed by atoms with E-state index in [4.69, 9.17) is 4.74 Å². The number of aryl methyl sites for hydroxylation is 1. The van der Waals surface area contributed by atoms with E-state index >= 15 is 0 Å². The van der Waals surface area contributed by atoms with Gasteiger partial charge in [-0.05, 0) is 37.3 Å². The second-order valence-electron chi connectivity index (χ2n) is 4.38. The maximum atomic E-state index is 11.8. The first kappa shape index (κ1) is 9.63. The Morgan fingerprint density at radius 1 is 1.50 bits per heavy atom. The van der Waals surface area contributed by atoms with Crippen LogP contribution in [0.15, 0.2) is 12.3 Å². The van der Waals surface area contributed by atoms with Crippen molar-refractivity contribution in [2.24, 2.45) is 0 Å². The average Bonchev–Trinajstić information content (AvgIpc) is 3.12. The van der Waals surface area contributed by atoms with Gasteiger partial charge in [0.1, 0.15) is 11.4 Å². The van der Waals surface area contributed by atoms with Gasteiger partial charge in [-0.1, -0.05) is 0 Å². The van der Waals surface area contributed by atoms with E-state index in [1.54, 1.807) is 6.20 Å². The largest absolute Gasteiger partial charge is 0.492 e. The first-order chi connectivity index (χ1) is 7.83. The molecule has 0 bridgehead atoms. The Balaban J connectivity index is 1.81. The lowest BCUT2D eigenvalue weighted by Gasteiger charge is -2.16. The maximum Gasteiger partial charge on any atom is 0.270 e. The molecule has 1 N–H and O–H groups in total. The molecule has 1 aromatic rings. The van der Waals surface area contributed by atoms with Crippen molar-refractivity contribution in [3.05, 3.63) is 23.5 Å². The molecule has 2 heterocycles. The number of ether oxygens (including phenoxy) is 1. The summed E-state index contributed by atoms with van der Waals surface area (Å²) in [7, 11) is 0. The molecule has 1 amide bonds. The minimum Gasteiger partial charge on any atom is -0.492 e. The summed E-state index contributed by atoms with van der Waals surface area (Å²) >= 11 is 0. The van der Waals surface area contributed by atoms with Crippen molar-refractivity contribution in [2.45, 2.75) is 31.7 Å². The van der Waals surface area contributed by atoms with Gasteiger partial charge in [0.15, 0.2) is 0 Å². The monoisotopic (exact) mass is 218 g/mol. The van der Waals surface area contributed by atoms with Crippen LogP contribution in [-0.4, -0.2) is 23.5 Å². The third kappa shape index (κ3) is 1.87. The molecule has 16 heavy (non-hydrogen) atoms. The van der Waals surface area contributed by atoms with Gasteiger partial charge in [-0.15, -0.1) is 0 Å². The van der Waals surface area contributed by atoms with Crippen LogP contribution >= 0.6 is 0 Å². The number of nitrogens with one attached hydrogen (secondary N) is 1. The SMILES string of the molecule is O=C(NC1CC1)c1cc2c(cn1)OCCC2. The van der Waals surface area contributed by atoms with Crippen molar-refractivity contribution >= 4 is 5.91 Å².